The molecule has 0 spiro atoms. The zero-order valence-corrected chi connectivity index (χ0v) is 9.76. The number of allylic oxidation sites excluding steroid dienone is 1. The van der Waals surface area contributed by atoms with Gasteiger partial charge < -0.3 is 10.1 Å². The topological polar surface area (TPSA) is 38.3 Å². The predicted octanol–water partition coefficient (Wildman–Crippen LogP) is 1.98. The second-order valence-corrected chi connectivity index (χ2v) is 4.01. The van der Waals surface area contributed by atoms with E-state index in [0.717, 1.165) is 16.8 Å². The van der Waals surface area contributed by atoms with Crippen molar-refractivity contribution in [2.24, 2.45) is 0 Å². The van der Waals surface area contributed by atoms with Crippen molar-refractivity contribution in [3.63, 3.8) is 0 Å². The third kappa shape index (κ3) is 1.81. The molecule has 0 radical (unpaired) electrons. The van der Waals surface area contributed by atoms with E-state index in [4.69, 9.17) is 4.74 Å². The minimum atomic E-state index is -0.0000463. The van der Waals surface area contributed by atoms with E-state index in [1.165, 1.54) is 0 Å². The van der Waals surface area contributed by atoms with E-state index >= 15 is 0 Å². The highest BCUT2D eigenvalue weighted by Gasteiger charge is 2.17. The van der Waals surface area contributed by atoms with E-state index in [2.05, 4.69) is 5.32 Å². The molecule has 3 nitrogen and oxygen atoms in total. The fourth-order valence-electron chi connectivity index (χ4n) is 1.68. The van der Waals surface area contributed by atoms with Crippen LogP contribution in [0.15, 0.2) is 23.9 Å². The molecule has 1 N–H and O–H groups in total. The van der Waals surface area contributed by atoms with E-state index in [1.54, 1.807) is 13.1 Å². The van der Waals surface area contributed by atoms with Gasteiger partial charge in [0.2, 0.25) is 0 Å². The lowest BCUT2D eigenvalue weighted by Crippen LogP contribution is -2.13. The summed E-state index contributed by atoms with van der Waals surface area (Å²) in [5, 5.41) is 2.95. The summed E-state index contributed by atoms with van der Waals surface area (Å²) in [7, 11) is 1.79. The third-order valence-electron chi connectivity index (χ3n) is 2.87. The van der Waals surface area contributed by atoms with Gasteiger partial charge in [-0.3, -0.25) is 4.79 Å². The molecule has 3 heteroatoms. The normalized spacial score (nSPS) is 14.7. The Balaban J connectivity index is 2.50. The minimum Gasteiger partial charge on any atom is -0.487 e. The van der Waals surface area contributed by atoms with Crippen LogP contribution < -0.4 is 10.1 Å². The van der Waals surface area contributed by atoms with Crippen LogP contribution in [0.25, 0.3) is 0 Å². The number of fused-ring (bicyclic) bond motifs is 1. The summed E-state index contributed by atoms with van der Waals surface area (Å²) < 4.78 is 5.61. The van der Waals surface area contributed by atoms with Crippen LogP contribution >= 0.6 is 0 Å². The van der Waals surface area contributed by atoms with Gasteiger partial charge in [-0.1, -0.05) is 0 Å². The smallest absolute Gasteiger partial charge is 0.191 e. The van der Waals surface area contributed by atoms with Crippen LogP contribution in [0.4, 0.5) is 0 Å². The zero-order valence-electron chi connectivity index (χ0n) is 9.76. The number of benzene rings is 1. The number of carbonyl (C=O) groups excluding carboxylic acids is 1. The summed E-state index contributed by atoms with van der Waals surface area (Å²) >= 11 is 0. The summed E-state index contributed by atoms with van der Waals surface area (Å²) in [6, 6.07) is 3.82. The van der Waals surface area contributed by atoms with Crippen molar-refractivity contribution in [1.29, 1.82) is 0 Å². The molecule has 0 unspecified atom stereocenters. The molecular weight excluding hydrogens is 202 g/mol. The molecule has 0 bridgehead atoms. The molecule has 0 aromatic heterocycles. The summed E-state index contributed by atoms with van der Waals surface area (Å²) in [4.78, 5) is 11.9. The summed E-state index contributed by atoms with van der Waals surface area (Å²) in [6.07, 6.45) is 1.60. The van der Waals surface area contributed by atoms with Gasteiger partial charge in [-0.2, -0.15) is 0 Å². The van der Waals surface area contributed by atoms with Crippen molar-refractivity contribution in [1.82, 2.24) is 5.32 Å². The maximum Gasteiger partial charge on any atom is 0.191 e. The van der Waals surface area contributed by atoms with Crippen LogP contribution in [-0.4, -0.2) is 19.4 Å². The van der Waals surface area contributed by atoms with Crippen LogP contribution in [-0.2, 0) is 0 Å². The van der Waals surface area contributed by atoms with Gasteiger partial charge in [0.25, 0.3) is 0 Å². The Morgan fingerprint density at radius 2 is 1.94 bits per heavy atom. The molecule has 84 valence electrons. The van der Waals surface area contributed by atoms with Crippen molar-refractivity contribution < 1.29 is 9.53 Å². The average molecular weight is 217 g/mol. The summed E-state index contributed by atoms with van der Waals surface area (Å²) in [5.74, 6) is 0.676. The monoisotopic (exact) mass is 217 g/mol. The fraction of sp³-hybridized carbons (Fsp3) is 0.308. The van der Waals surface area contributed by atoms with Crippen LogP contribution in [0.2, 0.25) is 0 Å². The highest BCUT2D eigenvalue weighted by Crippen LogP contribution is 2.26. The molecular formula is C13H15NO2. The molecule has 0 saturated carbocycles. The van der Waals surface area contributed by atoms with Gasteiger partial charge in [0, 0.05) is 13.1 Å². The van der Waals surface area contributed by atoms with Gasteiger partial charge in [-0.05, 0) is 37.1 Å². The number of ketones is 1. The lowest BCUT2D eigenvalue weighted by atomic mass is 10.0. The molecule has 2 rings (SSSR count). The lowest BCUT2D eigenvalue weighted by molar-refractivity contribution is 0.104. The zero-order chi connectivity index (χ0) is 11.7. The fourth-order valence-corrected chi connectivity index (χ4v) is 1.68. The van der Waals surface area contributed by atoms with Crippen LogP contribution in [0, 0.1) is 13.8 Å². The van der Waals surface area contributed by atoms with E-state index in [0.29, 0.717) is 17.9 Å². The highest BCUT2D eigenvalue weighted by molar-refractivity contribution is 6.07. The van der Waals surface area contributed by atoms with Crippen molar-refractivity contribution >= 4 is 5.78 Å². The van der Waals surface area contributed by atoms with Gasteiger partial charge in [0.1, 0.15) is 12.4 Å². The molecule has 0 saturated heterocycles. The van der Waals surface area contributed by atoms with E-state index in [-0.39, 0.29) is 5.78 Å². The number of ether oxygens (including phenoxy) is 1. The second-order valence-electron chi connectivity index (χ2n) is 4.01. The number of hydrogen-bond acceptors (Lipinski definition) is 3. The number of hydrogen-bond donors (Lipinski definition) is 1. The van der Waals surface area contributed by atoms with Crippen molar-refractivity contribution in [3.05, 3.63) is 40.6 Å². The molecule has 1 aromatic carbocycles. The second kappa shape index (κ2) is 4.00. The van der Waals surface area contributed by atoms with Crippen molar-refractivity contribution in [3.8, 4) is 5.75 Å². The summed E-state index contributed by atoms with van der Waals surface area (Å²) in [5.41, 5.74) is 3.70. The molecule has 1 heterocycles. The van der Waals surface area contributed by atoms with Gasteiger partial charge in [-0.15, -0.1) is 0 Å². The molecule has 0 atom stereocenters. The molecule has 0 aliphatic carbocycles. The molecule has 1 aliphatic heterocycles. The van der Waals surface area contributed by atoms with Crippen LogP contribution in [0.1, 0.15) is 21.5 Å². The highest BCUT2D eigenvalue weighted by atomic mass is 16.5. The van der Waals surface area contributed by atoms with Gasteiger partial charge in [-0.25, -0.2) is 0 Å². The average Bonchev–Trinajstić information content (AvgIpc) is 2.41. The Labute approximate surface area is 95.1 Å². The Bertz CT molecular complexity index is 475. The number of nitrogens with one attached hydrogen (secondary N) is 1. The van der Waals surface area contributed by atoms with E-state index in [1.807, 2.05) is 26.0 Å². The number of carbonyl (C=O) groups is 1. The van der Waals surface area contributed by atoms with Crippen molar-refractivity contribution in [2.45, 2.75) is 13.8 Å². The first-order valence-corrected chi connectivity index (χ1v) is 5.28. The molecule has 1 aliphatic rings. The SMILES string of the molecule is CNC1=CC(=O)c2cc(C)c(C)cc2OC1. The third-order valence-corrected chi connectivity index (χ3v) is 2.87. The molecule has 0 amide bonds. The predicted molar refractivity (Wildman–Crippen MR) is 62.9 cm³/mol. The number of rotatable bonds is 1. The van der Waals surface area contributed by atoms with E-state index in [9.17, 15) is 4.79 Å². The van der Waals surface area contributed by atoms with Crippen LogP contribution in [0.5, 0.6) is 5.75 Å². The maximum absolute atomic E-state index is 11.9. The first-order chi connectivity index (χ1) is 7.61. The van der Waals surface area contributed by atoms with Crippen LogP contribution in [0.3, 0.4) is 0 Å². The minimum absolute atomic E-state index is 0.0000463. The quantitative estimate of drug-likeness (QED) is 0.781. The Hall–Kier alpha value is -1.77. The van der Waals surface area contributed by atoms with Gasteiger partial charge in [0.05, 0.1) is 11.3 Å². The maximum atomic E-state index is 11.9. The summed E-state index contributed by atoms with van der Waals surface area (Å²) in [6.45, 7) is 4.43. The number of aryl methyl sites for hydroxylation is 2. The Morgan fingerprint density at radius 3 is 2.62 bits per heavy atom. The van der Waals surface area contributed by atoms with Gasteiger partial charge in [0.15, 0.2) is 5.78 Å². The largest absolute Gasteiger partial charge is 0.487 e. The first kappa shape index (κ1) is 10.7. The Kier molecular flexibility index (Phi) is 2.69. The molecule has 0 fully saturated rings. The molecule has 1 aromatic rings. The standard InChI is InChI=1S/C13H15NO2/c1-8-4-11-12(15)6-10(14-3)7-16-13(11)5-9(8)2/h4-6,14H,7H2,1-3H3. The van der Waals surface area contributed by atoms with Crippen molar-refractivity contribution in [2.75, 3.05) is 13.7 Å². The molecule has 16 heavy (non-hydrogen) atoms. The lowest BCUT2D eigenvalue weighted by Gasteiger charge is -2.10. The van der Waals surface area contributed by atoms with E-state index < -0.39 is 0 Å². The van der Waals surface area contributed by atoms with Gasteiger partial charge >= 0.3 is 0 Å². The number of likely N-dealkylation sites (N-methyl/N-ethyl adjacent to an activating group) is 1. The first-order valence-electron chi connectivity index (χ1n) is 5.28. The Morgan fingerprint density at radius 1 is 1.25 bits per heavy atom.